The van der Waals surface area contributed by atoms with Gasteiger partial charge in [-0.2, -0.15) is 5.26 Å². The number of rotatable bonds is 4. The summed E-state index contributed by atoms with van der Waals surface area (Å²) in [7, 11) is 0. The molecule has 0 heterocycles. The molecule has 0 radical (unpaired) electrons. The zero-order chi connectivity index (χ0) is 12.9. The molecule has 0 saturated carbocycles. The van der Waals surface area contributed by atoms with Crippen LogP contribution in [0.5, 0.6) is 5.75 Å². The summed E-state index contributed by atoms with van der Waals surface area (Å²) in [5.41, 5.74) is 0.353. The van der Waals surface area contributed by atoms with Gasteiger partial charge in [0.15, 0.2) is 0 Å². The minimum atomic E-state index is -0.169. The lowest BCUT2D eigenvalue weighted by molar-refractivity contribution is -0.0162. The Balaban J connectivity index is 2.45. The summed E-state index contributed by atoms with van der Waals surface area (Å²) < 4.78 is 11.0. The van der Waals surface area contributed by atoms with Crippen molar-refractivity contribution in [2.24, 2.45) is 0 Å². The summed E-state index contributed by atoms with van der Waals surface area (Å²) in [6, 6.07) is 6.97. The molecule has 1 aromatic rings. The number of ether oxygens (including phenoxy) is 2. The fraction of sp³-hybridized carbons (Fsp3) is 0.462. The maximum atomic E-state index is 8.69. The molecule has 17 heavy (non-hydrogen) atoms. The molecule has 0 spiro atoms. The van der Waals surface area contributed by atoms with Crippen LogP contribution in [0, 0.1) is 11.3 Å². The zero-order valence-electron chi connectivity index (χ0n) is 10.3. The lowest BCUT2D eigenvalue weighted by atomic mass is 10.2. The maximum absolute atomic E-state index is 8.69. The van der Waals surface area contributed by atoms with Gasteiger partial charge < -0.3 is 9.47 Å². The summed E-state index contributed by atoms with van der Waals surface area (Å²) in [5, 5.41) is 9.13. The average molecular weight is 254 g/mol. The van der Waals surface area contributed by atoms with Crippen LogP contribution in [-0.2, 0) is 4.74 Å². The summed E-state index contributed by atoms with van der Waals surface area (Å²) >= 11 is 5.96. The number of halogens is 1. The van der Waals surface area contributed by atoms with Gasteiger partial charge in [-0.3, -0.25) is 0 Å². The van der Waals surface area contributed by atoms with Gasteiger partial charge in [-0.1, -0.05) is 11.6 Å². The number of nitrogens with zero attached hydrogens (tertiary/aromatic N) is 1. The van der Waals surface area contributed by atoms with E-state index >= 15 is 0 Å². The van der Waals surface area contributed by atoms with Crippen molar-refractivity contribution in [3.63, 3.8) is 0 Å². The van der Waals surface area contributed by atoms with E-state index in [4.69, 9.17) is 26.3 Å². The first-order valence-corrected chi connectivity index (χ1v) is 5.76. The van der Waals surface area contributed by atoms with Crippen molar-refractivity contribution in [3.8, 4) is 11.8 Å². The molecule has 1 aromatic carbocycles. The third-order valence-corrected chi connectivity index (χ3v) is 2.23. The Bertz CT molecular complexity index is 418. The van der Waals surface area contributed by atoms with Gasteiger partial charge in [-0.05, 0) is 39.0 Å². The van der Waals surface area contributed by atoms with Crippen LogP contribution in [-0.4, -0.2) is 18.8 Å². The van der Waals surface area contributed by atoms with Crippen LogP contribution in [0.3, 0.4) is 0 Å². The maximum Gasteiger partial charge on any atom is 0.138 e. The van der Waals surface area contributed by atoms with Crippen LogP contribution in [0.1, 0.15) is 26.3 Å². The molecular formula is C13H16ClNO2. The van der Waals surface area contributed by atoms with Crippen molar-refractivity contribution in [2.45, 2.75) is 26.4 Å². The average Bonchev–Trinajstić information content (AvgIpc) is 2.24. The number of benzene rings is 1. The third kappa shape index (κ3) is 5.08. The number of hydrogen-bond donors (Lipinski definition) is 0. The summed E-state index contributed by atoms with van der Waals surface area (Å²) in [4.78, 5) is 0. The van der Waals surface area contributed by atoms with Crippen molar-refractivity contribution in [2.75, 3.05) is 13.2 Å². The van der Waals surface area contributed by atoms with Crippen molar-refractivity contribution in [1.29, 1.82) is 5.26 Å². The Kier molecular flexibility index (Phi) is 4.80. The highest BCUT2D eigenvalue weighted by atomic mass is 35.5. The van der Waals surface area contributed by atoms with Crippen LogP contribution in [0.2, 0.25) is 5.02 Å². The molecule has 0 aliphatic heterocycles. The molecule has 0 amide bonds. The van der Waals surface area contributed by atoms with Crippen molar-refractivity contribution < 1.29 is 9.47 Å². The molecule has 0 fully saturated rings. The molecule has 0 saturated heterocycles. The summed E-state index contributed by atoms with van der Waals surface area (Å²) in [6.45, 7) is 6.90. The lowest BCUT2D eigenvalue weighted by Crippen LogP contribution is -2.22. The fourth-order valence-corrected chi connectivity index (χ4v) is 1.42. The second-order valence-corrected chi connectivity index (χ2v) is 4.97. The van der Waals surface area contributed by atoms with Crippen molar-refractivity contribution in [3.05, 3.63) is 28.8 Å². The van der Waals surface area contributed by atoms with Crippen LogP contribution >= 0.6 is 11.6 Å². The summed E-state index contributed by atoms with van der Waals surface area (Å²) in [6.07, 6.45) is 0. The standard InChI is InChI=1S/C13H16ClNO2/c1-13(2,3)17-7-6-16-12-5-4-10(9-15)8-11(12)14/h4-5,8H,6-7H2,1-3H3. The van der Waals surface area contributed by atoms with Crippen LogP contribution < -0.4 is 4.74 Å². The van der Waals surface area contributed by atoms with E-state index in [1.54, 1.807) is 18.2 Å². The van der Waals surface area contributed by atoms with Gasteiger partial charge in [-0.15, -0.1) is 0 Å². The minimum Gasteiger partial charge on any atom is -0.490 e. The van der Waals surface area contributed by atoms with Gasteiger partial charge >= 0.3 is 0 Å². The van der Waals surface area contributed by atoms with Gasteiger partial charge in [0.2, 0.25) is 0 Å². The highest BCUT2D eigenvalue weighted by Crippen LogP contribution is 2.25. The number of hydrogen-bond acceptors (Lipinski definition) is 3. The Morgan fingerprint density at radius 3 is 2.53 bits per heavy atom. The smallest absolute Gasteiger partial charge is 0.138 e. The molecule has 0 unspecified atom stereocenters. The molecule has 0 aliphatic rings. The van der Waals surface area contributed by atoms with Crippen LogP contribution in [0.25, 0.3) is 0 Å². The van der Waals surface area contributed by atoms with E-state index in [-0.39, 0.29) is 5.60 Å². The second-order valence-electron chi connectivity index (χ2n) is 4.57. The van der Waals surface area contributed by atoms with Crippen LogP contribution in [0.4, 0.5) is 0 Å². The van der Waals surface area contributed by atoms with E-state index in [0.717, 1.165) is 0 Å². The van der Waals surface area contributed by atoms with Gasteiger partial charge in [0, 0.05) is 0 Å². The first-order chi connectivity index (χ1) is 7.92. The SMILES string of the molecule is CC(C)(C)OCCOc1ccc(C#N)cc1Cl. The van der Waals surface area contributed by atoms with E-state index < -0.39 is 0 Å². The van der Waals surface area contributed by atoms with E-state index in [1.807, 2.05) is 26.8 Å². The number of nitriles is 1. The van der Waals surface area contributed by atoms with Gasteiger partial charge in [0.1, 0.15) is 12.4 Å². The molecule has 0 N–H and O–H groups in total. The van der Waals surface area contributed by atoms with Crippen molar-refractivity contribution in [1.82, 2.24) is 0 Å². The monoisotopic (exact) mass is 253 g/mol. The Morgan fingerprint density at radius 2 is 2.00 bits per heavy atom. The van der Waals surface area contributed by atoms with Gasteiger partial charge in [-0.25, -0.2) is 0 Å². The highest BCUT2D eigenvalue weighted by molar-refractivity contribution is 6.32. The molecule has 3 nitrogen and oxygen atoms in total. The Labute approximate surface area is 107 Å². The van der Waals surface area contributed by atoms with Crippen molar-refractivity contribution >= 4 is 11.6 Å². The fourth-order valence-electron chi connectivity index (χ4n) is 1.19. The molecule has 0 atom stereocenters. The predicted molar refractivity (Wildman–Crippen MR) is 67.4 cm³/mol. The third-order valence-electron chi connectivity index (χ3n) is 1.94. The van der Waals surface area contributed by atoms with E-state index in [1.165, 1.54) is 0 Å². The first kappa shape index (κ1) is 13.8. The van der Waals surface area contributed by atoms with Crippen LogP contribution in [0.15, 0.2) is 18.2 Å². The minimum absolute atomic E-state index is 0.169. The summed E-state index contributed by atoms with van der Waals surface area (Å²) in [5.74, 6) is 0.572. The Morgan fingerprint density at radius 1 is 1.29 bits per heavy atom. The highest BCUT2D eigenvalue weighted by Gasteiger charge is 2.09. The molecule has 92 valence electrons. The molecule has 0 aromatic heterocycles. The van der Waals surface area contributed by atoms with Gasteiger partial charge in [0.05, 0.1) is 28.9 Å². The Hall–Kier alpha value is -1.24. The molecule has 0 aliphatic carbocycles. The van der Waals surface area contributed by atoms with E-state index in [2.05, 4.69) is 0 Å². The molecular weight excluding hydrogens is 238 g/mol. The van der Waals surface area contributed by atoms with E-state index in [0.29, 0.717) is 29.5 Å². The molecule has 1 rings (SSSR count). The van der Waals surface area contributed by atoms with E-state index in [9.17, 15) is 0 Å². The largest absolute Gasteiger partial charge is 0.490 e. The van der Waals surface area contributed by atoms with Gasteiger partial charge in [0.25, 0.3) is 0 Å². The topological polar surface area (TPSA) is 42.2 Å². The predicted octanol–water partition coefficient (Wildman–Crippen LogP) is 3.41. The zero-order valence-corrected chi connectivity index (χ0v) is 11.0. The molecule has 4 heteroatoms. The normalized spacial score (nSPS) is 11.0. The molecule has 0 bridgehead atoms. The quantitative estimate of drug-likeness (QED) is 0.773. The second kappa shape index (κ2) is 5.90. The first-order valence-electron chi connectivity index (χ1n) is 5.39. The lowest BCUT2D eigenvalue weighted by Gasteiger charge is -2.19.